The number of carbonyl (C=O) groups is 1. The van der Waals surface area contributed by atoms with Crippen LogP contribution in [0.2, 0.25) is 0 Å². The van der Waals surface area contributed by atoms with Gasteiger partial charge in [0.1, 0.15) is 0 Å². The van der Waals surface area contributed by atoms with Gasteiger partial charge in [-0.3, -0.25) is 20.0 Å². The second-order valence-electron chi connectivity index (χ2n) is 7.13. The van der Waals surface area contributed by atoms with E-state index in [1.807, 2.05) is 0 Å². The van der Waals surface area contributed by atoms with Crippen molar-refractivity contribution >= 4 is 5.91 Å². The van der Waals surface area contributed by atoms with Gasteiger partial charge >= 0.3 is 0 Å². The smallest absolute Gasteiger partial charge is 0.243 e. The van der Waals surface area contributed by atoms with E-state index in [1.54, 1.807) is 5.48 Å². The molecular weight excluding hydrogens is 328 g/mol. The molecule has 2 aromatic rings. The molecule has 0 aliphatic carbocycles. The lowest BCUT2D eigenvalue weighted by Gasteiger charge is -2.25. The van der Waals surface area contributed by atoms with Crippen molar-refractivity contribution in [1.29, 1.82) is 0 Å². The molecule has 3 N–H and O–H groups in total. The Morgan fingerprint density at radius 3 is 2.73 bits per heavy atom. The normalized spacial score (nSPS) is 17.6. The molecule has 1 aromatic heterocycles. The third-order valence-corrected chi connectivity index (χ3v) is 5.42. The third-order valence-electron chi connectivity index (χ3n) is 5.42. The average Bonchev–Trinajstić information content (AvgIpc) is 3.25. The summed E-state index contributed by atoms with van der Waals surface area (Å²) in [5.74, 6) is -0.346. The highest BCUT2D eigenvalue weighted by Gasteiger charge is 2.26. The lowest BCUT2D eigenvalue weighted by atomic mass is 10.0. The van der Waals surface area contributed by atoms with Gasteiger partial charge in [0.05, 0.1) is 5.69 Å². The van der Waals surface area contributed by atoms with Gasteiger partial charge in [-0.1, -0.05) is 24.3 Å². The number of carbonyl (C=O) groups excluding carboxylic acids is 1. The third kappa shape index (κ3) is 4.31. The van der Waals surface area contributed by atoms with Gasteiger partial charge in [0.2, 0.25) is 5.91 Å². The molecule has 1 atom stereocenters. The minimum Gasteiger partial charge on any atom is -0.296 e. The van der Waals surface area contributed by atoms with Crippen LogP contribution in [0.25, 0.3) is 0 Å². The Morgan fingerprint density at radius 1 is 1.31 bits per heavy atom. The maximum Gasteiger partial charge on any atom is 0.243 e. The zero-order valence-electron chi connectivity index (χ0n) is 15.6. The van der Waals surface area contributed by atoms with E-state index >= 15 is 0 Å². The van der Waals surface area contributed by atoms with E-state index in [2.05, 4.69) is 53.2 Å². The molecule has 0 spiro atoms. The number of hydrogen-bond acceptors (Lipinski definition) is 4. The summed E-state index contributed by atoms with van der Waals surface area (Å²) in [7, 11) is 0. The van der Waals surface area contributed by atoms with Gasteiger partial charge in [-0.05, 0) is 62.8 Å². The largest absolute Gasteiger partial charge is 0.296 e. The molecule has 6 heteroatoms. The highest BCUT2D eigenvalue weighted by atomic mass is 16.5. The van der Waals surface area contributed by atoms with Gasteiger partial charge in [0.15, 0.2) is 0 Å². The first-order valence-corrected chi connectivity index (χ1v) is 9.34. The van der Waals surface area contributed by atoms with Crippen LogP contribution in [0.5, 0.6) is 0 Å². The Labute approximate surface area is 154 Å². The number of aromatic amines is 1. The van der Waals surface area contributed by atoms with E-state index in [9.17, 15) is 4.79 Å². The van der Waals surface area contributed by atoms with Crippen LogP contribution in [-0.2, 0) is 17.6 Å². The van der Waals surface area contributed by atoms with E-state index in [0.717, 1.165) is 30.8 Å². The summed E-state index contributed by atoms with van der Waals surface area (Å²) in [5, 5.41) is 15.9. The molecule has 1 aliphatic rings. The van der Waals surface area contributed by atoms with Crippen molar-refractivity contribution in [3.05, 3.63) is 52.3 Å². The van der Waals surface area contributed by atoms with E-state index < -0.39 is 0 Å². The number of aryl methyl sites for hydroxylation is 3. The van der Waals surface area contributed by atoms with E-state index in [-0.39, 0.29) is 5.91 Å². The summed E-state index contributed by atoms with van der Waals surface area (Å²) in [6.45, 7) is 6.34. The number of amides is 1. The summed E-state index contributed by atoms with van der Waals surface area (Å²) in [4.78, 5) is 13.7. The molecule has 0 saturated carbocycles. The topological polar surface area (TPSA) is 81.2 Å². The number of likely N-dealkylation sites (tertiary alicyclic amines) is 1. The standard InChI is InChI=1S/C20H28N4O2/c1-14-18(15(2)22-21-14)11-13-24-12-3-4-19(24)17-8-5-16(6-9-17)7-10-20(25)23-26/h5-6,8-9,19,26H,3-4,7,10-13H2,1-2H3,(H,21,22)(H,23,25)/t19-/m0/s1. The fourth-order valence-electron chi connectivity index (χ4n) is 3.89. The first-order chi connectivity index (χ1) is 12.6. The molecule has 1 saturated heterocycles. The van der Waals surface area contributed by atoms with Crippen molar-refractivity contribution in [2.24, 2.45) is 0 Å². The summed E-state index contributed by atoms with van der Waals surface area (Å²) < 4.78 is 0. The van der Waals surface area contributed by atoms with Crippen LogP contribution >= 0.6 is 0 Å². The molecule has 140 valence electrons. The summed E-state index contributed by atoms with van der Waals surface area (Å²) in [6.07, 6.45) is 4.38. The Hall–Kier alpha value is -2.18. The van der Waals surface area contributed by atoms with Gasteiger partial charge in [0, 0.05) is 24.7 Å². The Balaban J connectivity index is 1.60. The highest BCUT2D eigenvalue weighted by molar-refractivity contribution is 5.74. The minimum absolute atomic E-state index is 0.300. The lowest BCUT2D eigenvalue weighted by Crippen LogP contribution is -2.26. The molecule has 1 aromatic carbocycles. The predicted octanol–water partition coefficient (Wildman–Crippen LogP) is 2.84. The molecule has 0 bridgehead atoms. The second-order valence-corrected chi connectivity index (χ2v) is 7.13. The first kappa shape index (κ1) is 18.6. The Bertz CT molecular complexity index is 719. The highest BCUT2D eigenvalue weighted by Crippen LogP contribution is 2.32. The number of aromatic nitrogens is 2. The van der Waals surface area contributed by atoms with Crippen molar-refractivity contribution in [3.8, 4) is 0 Å². The molecular formula is C20H28N4O2. The van der Waals surface area contributed by atoms with Crippen molar-refractivity contribution in [3.63, 3.8) is 0 Å². The summed E-state index contributed by atoms with van der Waals surface area (Å²) >= 11 is 0. The predicted molar refractivity (Wildman–Crippen MR) is 100 cm³/mol. The molecule has 26 heavy (non-hydrogen) atoms. The molecule has 3 rings (SSSR count). The fraction of sp³-hybridized carbons (Fsp3) is 0.500. The number of nitrogens with zero attached hydrogens (tertiary/aromatic N) is 2. The van der Waals surface area contributed by atoms with E-state index in [4.69, 9.17) is 5.21 Å². The van der Waals surface area contributed by atoms with Crippen LogP contribution in [0.3, 0.4) is 0 Å². The molecule has 0 unspecified atom stereocenters. The van der Waals surface area contributed by atoms with Crippen LogP contribution in [0, 0.1) is 13.8 Å². The maximum atomic E-state index is 11.1. The van der Waals surface area contributed by atoms with Crippen LogP contribution < -0.4 is 5.48 Å². The number of hydroxylamine groups is 1. The molecule has 1 fully saturated rings. The number of benzene rings is 1. The summed E-state index contributed by atoms with van der Waals surface area (Å²) in [5.41, 5.74) is 7.76. The van der Waals surface area contributed by atoms with Gasteiger partial charge < -0.3 is 0 Å². The SMILES string of the molecule is Cc1n[nH]c(C)c1CCN1CCC[C@H]1c1ccc(CCC(=O)NO)cc1. The van der Waals surface area contributed by atoms with Gasteiger partial charge in [0.25, 0.3) is 0 Å². The van der Waals surface area contributed by atoms with Crippen molar-refractivity contribution in [2.45, 2.75) is 52.0 Å². The Morgan fingerprint density at radius 2 is 2.08 bits per heavy atom. The number of nitrogens with one attached hydrogen (secondary N) is 2. The van der Waals surface area contributed by atoms with E-state index in [0.29, 0.717) is 18.9 Å². The van der Waals surface area contributed by atoms with Crippen LogP contribution in [0.4, 0.5) is 0 Å². The summed E-state index contributed by atoms with van der Waals surface area (Å²) in [6, 6.07) is 9.03. The molecule has 6 nitrogen and oxygen atoms in total. The zero-order valence-corrected chi connectivity index (χ0v) is 15.6. The maximum absolute atomic E-state index is 11.1. The number of rotatable bonds is 7. The molecule has 1 amide bonds. The van der Waals surface area contributed by atoms with Crippen LogP contribution in [0.1, 0.15) is 53.4 Å². The van der Waals surface area contributed by atoms with Gasteiger partial charge in [-0.15, -0.1) is 0 Å². The second kappa shape index (κ2) is 8.47. The van der Waals surface area contributed by atoms with Crippen LogP contribution in [-0.4, -0.2) is 39.3 Å². The molecule has 1 aliphatic heterocycles. The molecule has 0 radical (unpaired) electrons. The zero-order chi connectivity index (χ0) is 18.5. The van der Waals surface area contributed by atoms with E-state index in [1.165, 1.54) is 29.7 Å². The molecule has 2 heterocycles. The monoisotopic (exact) mass is 356 g/mol. The fourth-order valence-corrected chi connectivity index (χ4v) is 3.89. The average molecular weight is 356 g/mol. The van der Waals surface area contributed by atoms with Crippen molar-refractivity contribution < 1.29 is 10.0 Å². The minimum atomic E-state index is -0.346. The van der Waals surface area contributed by atoms with Gasteiger partial charge in [-0.2, -0.15) is 5.10 Å². The number of H-pyrrole nitrogens is 1. The van der Waals surface area contributed by atoms with Gasteiger partial charge in [-0.25, -0.2) is 5.48 Å². The number of hydrogen-bond donors (Lipinski definition) is 3. The quantitative estimate of drug-likeness (QED) is 0.526. The van der Waals surface area contributed by atoms with Crippen molar-refractivity contribution in [1.82, 2.24) is 20.6 Å². The first-order valence-electron chi connectivity index (χ1n) is 9.34. The lowest BCUT2D eigenvalue weighted by molar-refractivity contribution is -0.129. The Kier molecular flexibility index (Phi) is 6.06. The van der Waals surface area contributed by atoms with Crippen molar-refractivity contribution in [2.75, 3.05) is 13.1 Å². The van der Waals surface area contributed by atoms with Crippen LogP contribution in [0.15, 0.2) is 24.3 Å².